The topological polar surface area (TPSA) is 12.0 Å². The lowest BCUT2D eigenvalue weighted by molar-refractivity contribution is 0.596. The first kappa shape index (κ1) is 16.3. The normalized spacial score (nSPS) is 12.4. The number of aryl methyl sites for hydroxylation is 2. The summed E-state index contributed by atoms with van der Waals surface area (Å²) in [5.74, 6) is 0. The van der Waals surface area contributed by atoms with Crippen molar-refractivity contribution >= 4 is 15.9 Å². The number of rotatable bonds is 6. The molecule has 0 saturated heterocycles. The van der Waals surface area contributed by atoms with Crippen LogP contribution >= 0.6 is 15.9 Å². The number of hydrogen-bond donors (Lipinski definition) is 1. The van der Waals surface area contributed by atoms with Crippen LogP contribution in [0.2, 0.25) is 0 Å². The summed E-state index contributed by atoms with van der Waals surface area (Å²) in [7, 11) is 0. The molecule has 1 N–H and O–H groups in total. The molecule has 1 nitrogen and oxygen atoms in total. The van der Waals surface area contributed by atoms with Crippen LogP contribution in [0.1, 0.15) is 48.6 Å². The second kappa shape index (κ2) is 7.77. The predicted octanol–water partition coefficient (Wildman–Crippen LogP) is 5.41. The second-order valence-corrected chi connectivity index (χ2v) is 6.25. The summed E-state index contributed by atoms with van der Waals surface area (Å²) in [5.41, 5.74) is 5.30. The van der Waals surface area contributed by atoms with Gasteiger partial charge in [0.2, 0.25) is 0 Å². The minimum Gasteiger partial charge on any atom is -0.306 e. The van der Waals surface area contributed by atoms with E-state index in [2.05, 4.69) is 84.5 Å². The third-order valence-corrected chi connectivity index (χ3v) is 4.94. The van der Waals surface area contributed by atoms with Gasteiger partial charge in [-0.25, -0.2) is 0 Å². The standard InChI is InChI=1S/C19H24BrN/c1-4-13-21-19(16-11-9-15(5-2)10-12-16)17-8-6-7-14(3)18(17)20/h6-12,19,21H,4-5,13H2,1-3H3. The highest BCUT2D eigenvalue weighted by Crippen LogP contribution is 2.31. The van der Waals surface area contributed by atoms with Gasteiger partial charge in [0.25, 0.3) is 0 Å². The molecule has 0 amide bonds. The molecule has 0 saturated carbocycles. The monoisotopic (exact) mass is 345 g/mol. The minimum atomic E-state index is 0.241. The Kier molecular flexibility index (Phi) is 6.01. The average Bonchev–Trinajstić information content (AvgIpc) is 2.52. The van der Waals surface area contributed by atoms with Crippen LogP contribution in [0.15, 0.2) is 46.9 Å². The fourth-order valence-corrected chi connectivity index (χ4v) is 3.03. The van der Waals surface area contributed by atoms with E-state index >= 15 is 0 Å². The maximum Gasteiger partial charge on any atom is 0.0587 e. The van der Waals surface area contributed by atoms with Gasteiger partial charge >= 0.3 is 0 Å². The smallest absolute Gasteiger partial charge is 0.0587 e. The quantitative estimate of drug-likeness (QED) is 0.737. The minimum absolute atomic E-state index is 0.241. The Morgan fingerprint density at radius 2 is 1.76 bits per heavy atom. The summed E-state index contributed by atoms with van der Waals surface area (Å²) in [5, 5.41) is 3.68. The Labute approximate surface area is 136 Å². The fraction of sp³-hybridized carbons (Fsp3) is 0.368. The summed E-state index contributed by atoms with van der Waals surface area (Å²) < 4.78 is 1.21. The fourth-order valence-electron chi connectivity index (χ4n) is 2.53. The maximum absolute atomic E-state index is 3.76. The highest BCUT2D eigenvalue weighted by atomic mass is 79.9. The van der Waals surface area contributed by atoms with Crippen LogP contribution in [0.4, 0.5) is 0 Å². The number of nitrogens with one attached hydrogen (secondary N) is 1. The van der Waals surface area contributed by atoms with E-state index in [0.29, 0.717) is 0 Å². The molecular formula is C19H24BrN. The highest BCUT2D eigenvalue weighted by Gasteiger charge is 2.16. The average molecular weight is 346 g/mol. The van der Waals surface area contributed by atoms with E-state index in [0.717, 1.165) is 19.4 Å². The zero-order valence-corrected chi connectivity index (χ0v) is 14.7. The molecule has 0 aromatic heterocycles. The summed E-state index contributed by atoms with van der Waals surface area (Å²) >= 11 is 3.76. The van der Waals surface area contributed by atoms with Gasteiger partial charge in [-0.15, -0.1) is 0 Å². The summed E-state index contributed by atoms with van der Waals surface area (Å²) in [6.07, 6.45) is 2.22. The van der Waals surface area contributed by atoms with Crippen LogP contribution in [0.5, 0.6) is 0 Å². The Morgan fingerprint density at radius 1 is 1.05 bits per heavy atom. The van der Waals surface area contributed by atoms with Crippen LogP contribution in [0, 0.1) is 6.92 Å². The molecular weight excluding hydrogens is 322 g/mol. The van der Waals surface area contributed by atoms with Crippen molar-refractivity contribution in [1.82, 2.24) is 5.32 Å². The molecule has 1 unspecified atom stereocenters. The van der Waals surface area contributed by atoms with Crippen molar-refractivity contribution in [2.45, 2.75) is 39.7 Å². The van der Waals surface area contributed by atoms with E-state index in [-0.39, 0.29) is 6.04 Å². The molecule has 21 heavy (non-hydrogen) atoms. The Balaban J connectivity index is 2.39. The van der Waals surface area contributed by atoms with Gasteiger partial charge in [0, 0.05) is 4.47 Å². The van der Waals surface area contributed by atoms with Crippen molar-refractivity contribution in [3.05, 3.63) is 69.2 Å². The van der Waals surface area contributed by atoms with Crippen LogP contribution in [-0.2, 0) is 6.42 Å². The molecule has 1 atom stereocenters. The van der Waals surface area contributed by atoms with Crippen molar-refractivity contribution in [2.24, 2.45) is 0 Å². The molecule has 2 aromatic rings. The first-order valence-corrected chi connectivity index (χ1v) is 8.53. The number of benzene rings is 2. The van der Waals surface area contributed by atoms with Crippen molar-refractivity contribution in [3.8, 4) is 0 Å². The maximum atomic E-state index is 3.76. The van der Waals surface area contributed by atoms with Crippen molar-refractivity contribution in [3.63, 3.8) is 0 Å². The second-order valence-electron chi connectivity index (χ2n) is 5.46. The lowest BCUT2D eigenvalue weighted by atomic mass is 9.96. The van der Waals surface area contributed by atoms with Gasteiger partial charge in [0.1, 0.15) is 0 Å². The van der Waals surface area contributed by atoms with Gasteiger partial charge in [-0.3, -0.25) is 0 Å². The first-order valence-electron chi connectivity index (χ1n) is 7.74. The number of halogens is 1. The Hall–Kier alpha value is -1.12. The molecule has 112 valence electrons. The molecule has 0 radical (unpaired) electrons. The molecule has 0 bridgehead atoms. The largest absolute Gasteiger partial charge is 0.306 e. The van der Waals surface area contributed by atoms with Gasteiger partial charge in [-0.1, -0.05) is 72.2 Å². The molecule has 0 heterocycles. The van der Waals surface area contributed by atoms with Crippen LogP contribution in [0.3, 0.4) is 0 Å². The van der Waals surface area contributed by atoms with Gasteiger partial charge in [-0.2, -0.15) is 0 Å². The molecule has 2 aromatic carbocycles. The van der Waals surface area contributed by atoms with Gasteiger partial charge in [0.15, 0.2) is 0 Å². The molecule has 2 heteroatoms. The van der Waals surface area contributed by atoms with Crippen LogP contribution in [-0.4, -0.2) is 6.54 Å². The Bertz CT molecular complexity index is 575. The van der Waals surface area contributed by atoms with Crippen molar-refractivity contribution in [2.75, 3.05) is 6.54 Å². The predicted molar refractivity (Wildman–Crippen MR) is 94.8 cm³/mol. The lowest BCUT2D eigenvalue weighted by Crippen LogP contribution is -2.23. The highest BCUT2D eigenvalue weighted by molar-refractivity contribution is 9.10. The van der Waals surface area contributed by atoms with Crippen LogP contribution < -0.4 is 5.32 Å². The molecule has 0 aliphatic rings. The van der Waals surface area contributed by atoms with Crippen molar-refractivity contribution in [1.29, 1.82) is 0 Å². The lowest BCUT2D eigenvalue weighted by Gasteiger charge is -2.22. The third-order valence-electron chi connectivity index (χ3n) is 3.85. The van der Waals surface area contributed by atoms with Crippen LogP contribution in [0.25, 0.3) is 0 Å². The van der Waals surface area contributed by atoms with E-state index in [1.54, 1.807) is 0 Å². The van der Waals surface area contributed by atoms with Gasteiger partial charge in [0.05, 0.1) is 6.04 Å². The van der Waals surface area contributed by atoms with Crippen molar-refractivity contribution < 1.29 is 0 Å². The third kappa shape index (κ3) is 3.96. The molecule has 0 aliphatic heterocycles. The molecule has 0 fully saturated rings. The van der Waals surface area contributed by atoms with E-state index < -0.39 is 0 Å². The van der Waals surface area contributed by atoms with Gasteiger partial charge in [-0.05, 0) is 48.6 Å². The number of hydrogen-bond acceptors (Lipinski definition) is 1. The molecule has 0 spiro atoms. The molecule has 2 rings (SSSR count). The van der Waals surface area contributed by atoms with Gasteiger partial charge < -0.3 is 5.32 Å². The van der Waals surface area contributed by atoms with E-state index in [1.165, 1.54) is 26.7 Å². The zero-order chi connectivity index (χ0) is 15.2. The van der Waals surface area contributed by atoms with E-state index in [1.807, 2.05) is 0 Å². The zero-order valence-electron chi connectivity index (χ0n) is 13.1. The Morgan fingerprint density at radius 3 is 2.38 bits per heavy atom. The summed E-state index contributed by atoms with van der Waals surface area (Å²) in [6.45, 7) is 7.56. The summed E-state index contributed by atoms with van der Waals surface area (Å²) in [6, 6.07) is 15.7. The first-order chi connectivity index (χ1) is 10.2. The van der Waals surface area contributed by atoms with E-state index in [4.69, 9.17) is 0 Å². The molecule has 0 aliphatic carbocycles. The summed E-state index contributed by atoms with van der Waals surface area (Å²) in [4.78, 5) is 0. The SMILES string of the molecule is CCCNC(c1ccc(CC)cc1)c1cccc(C)c1Br. The van der Waals surface area contributed by atoms with E-state index in [9.17, 15) is 0 Å².